The number of hydrogen-bond donors (Lipinski definition) is 1. The van der Waals surface area contributed by atoms with Crippen molar-refractivity contribution in [3.8, 4) is 0 Å². The molecule has 0 bridgehead atoms. The largest absolute Gasteiger partial charge is 0.481 e. The number of carboxylic acids is 1. The van der Waals surface area contributed by atoms with Crippen molar-refractivity contribution in [2.45, 2.75) is 25.9 Å². The van der Waals surface area contributed by atoms with Crippen LogP contribution in [0.3, 0.4) is 0 Å². The molecule has 2 heterocycles. The van der Waals surface area contributed by atoms with Crippen LogP contribution in [0.4, 0.5) is 0 Å². The number of hydrogen-bond acceptors (Lipinski definition) is 5. The Labute approximate surface area is 99.1 Å². The summed E-state index contributed by atoms with van der Waals surface area (Å²) < 4.78 is 10.3. The second-order valence-electron chi connectivity index (χ2n) is 4.23. The van der Waals surface area contributed by atoms with E-state index in [1.54, 1.807) is 0 Å². The van der Waals surface area contributed by atoms with Gasteiger partial charge >= 0.3 is 5.97 Å². The fourth-order valence-electron chi connectivity index (χ4n) is 1.99. The Balaban J connectivity index is 1.98. The molecule has 17 heavy (non-hydrogen) atoms. The quantitative estimate of drug-likeness (QED) is 0.833. The van der Waals surface area contributed by atoms with E-state index in [1.165, 1.54) is 0 Å². The average molecular weight is 240 g/mol. The van der Waals surface area contributed by atoms with Crippen molar-refractivity contribution in [3.05, 3.63) is 17.5 Å². The van der Waals surface area contributed by atoms with E-state index in [1.807, 2.05) is 13.0 Å². The Morgan fingerprint density at radius 1 is 1.71 bits per heavy atom. The molecule has 1 saturated heterocycles. The van der Waals surface area contributed by atoms with Gasteiger partial charge in [-0.3, -0.25) is 9.69 Å². The van der Waals surface area contributed by atoms with Crippen LogP contribution in [-0.4, -0.2) is 46.9 Å². The first-order chi connectivity index (χ1) is 8.15. The molecule has 1 fully saturated rings. The zero-order valence-corrected chi connectivity index (χ0v) is 9.76. The van der Waals surface area contributed by atoms with Crippen LogP contribution in [0.25, 0.3) is 0 Å². The van der Waals surface area contributed by atoms with Gasteiger partial charge in [0.05, 0.1) is 25.3 Å². The van der Waals surface area contributed by atoms with Gasteiger partial charge in [0.15, 0.2) is 0 Å². The molecule has 1 atom stereocenters. The fraction of sp³-hybridized carbons (Fsp3) is 0.636. The summed E-state index contributed by atoms with van der Waals surface area (Å²) in [6.45, 7) is 4.27. The van der Waals surface area contributed by atoms with Gasteiger partial charge in [0.25, 0.3) is 0 Å². The summed E-state index contributed by atoms with van der Waals surface area (Å²) in [5, 5.41) is 12.8. The molecule has 0 spiro atoms. The number of rotatable bonds is 4. The molecule has 0 aromatic carbocycles. The van der Waals surface area contributed by atoms with Gasteiger partial charge in [0, 0.05) is 25.2 Å². The minimum Gasteiger partial charge on any atom is -0.481 e. The average Bonchev–Trinajstić information content (AvgIpc) is 2.66. The number of aryl methyl sites for hydroxylation is 1. The highest BCUT2D eigenvalue weighted by molar-refractivity contribution is 5.67. The van der Waals surface area contributed by atoms with Crippen LogP contribution in [-0.2, 0) is 16.1 Å². The number of carboxylic acid groups (broad SMARTS) is 1. The summed E-state index contributed by atoms with van der Waals surface area (Å²) in [4.78, 5) is 12.8. The highest BCUT2D eigenvalue weighted by Gasteiger charge is 2.25. The molecule has 0 aliphatic carbocycles. The highest BCUT2D eigenvalue weighted by atomic mass is 16.5. The molecule has 1 aliphatic rings. The van der Waals surface area contributed by atoms with E-state index < -0.39 is 5.97 Å². The lowest BCUT2D eigenvalue weighted by molar-refractivity contribution is -0.140. The summed E-state index contributed by atoms with van der Waals surface area (Å²) in [7, 11) is 0. The first kappa shape index (κ1) is 12.1. The van der Waals surface area contributed by atoms with E-state index in [0.29, 0.717) is 19.8 Å². The number of ether oxygens (including phenoxy) is 1. The van der Waals surface area contributed by atoms with Crippen molar-refractivity contribution in [3.63, 3.8) is 0 Å². The second-order valence-corrected chi connectivity index (χ2v) is 4.23. The maximum absolute atomic E-state index is 10.8. The van der Waals surface area contributed by atoms with Crippen molar-refractivity contribution in [1.29, 1.82) is 0 Å². The third-order valence-corrected chi connectivity index (χ3v) is 2.80. The van der Waals surface area contributed by atoms with Crippen molar-refractivity contribution >= 4 is 5.97 Å². The van der Waals surface area contributed by atoms with Gasteiger partial charge in [-0.15, -0.1) is 0 Å². The van der Waals surface area contributed by atoms with Gasteiger partial charge in [-0.25, -0.2) is 0 Å². The second kappa shape index (κ2) is 5.29. The van der Waals surface area contributed by atoms with Crippen LogP contribution in [0.5, 0.6) is 0 Å². The molecule has 1 aromatic heterocycles. The van der Waals surface area contributed by atoms with E-state index >= 15 is 0 Å². The molecule has 0 saturated carbocycles. The number of morpholine rings is 1. The fourth-order valence-corrected chi connectivity index (χ4v) is 1.99. The summed E-state index contributed by atoms with van der Waals surface area (Å²) >= 11 is 0. The first-order valence-corrected chi connectivity index (χ1v) is 5.61. The van der Waals surface area contributed by atoms with E-state index in [0.717, 1.165) is 18.0 Å². The van der Waals surface area contributed by atoms with Crippen LogP contribution < -0.4 is 0 Å². The van der Waals surface area contributed by atoms with E-state index in [9.17, 15) is 4.79 Å². The van der Waals surface area contributed by atoms with E-state index in [4.69, 9.17) is 14.4 Å². The monoisotopic (exact) mass is 240 g/mol. The minimum atomic E-state index is -0.804. The van der Waals surface area contributed by atoms with Gasteiger partial charge in [0.1, 0.15) is 5.76 Å². The molecule has 1 aromatic rings. The van der Waals surface area contributed by atoms with Crippen LogP contribution in [0.1, 0.15) is 17.9 Å². The normalized spacial score (nSPS) is 21.6. The molecular formula is C11H16N2O4. The smallest absolute Gasteiger partial charge is 0.305 e. The van der Waals surface area contributed by atoms with E-state index in [2.05, 4.69) is 10.1 Å². The third kappa shape index (κ3) is 3.28. The Bertz CT molecular complexity index is 391. The molecule has 1 unspecified atom stereocenters. The number of carbonyl (C=O) groups is 1. The van der Waals surface area contributed by atoms with Crippen LogP contribution in [0.15, 0.2) is 10.6 Å². The molecule has 94 valence electrons. The van der Waals surface area contributed by atoms with Gasteiger partial charge in [-0.2, -0.15) is 0 Å². The molecule has 1 aliphatic heterocycles. The molecule has 2 rings (SSSR count). The lowest BCUT2D eigenvalue weighted by atomic mass is 10.1. The molecular weight excluding hydrogens is 224 g/mol. The lowest BCUT2D eigenvalue weighted by Gasteiger charge is -2.34. The van der Waals surface area contributed by atoms with E-state index in [-0.39, 0.29) is 12.5 Å². The van der Waals surface area contributed by atoms with Gasteiger partial charge in [-0.05, 0) is 6.92 Å². The summed E-state index contributed by atoms with van der Waals surface area (Å²) in [5.41, 5.74) is 0.833. The van der Waals surface area contributed by atoms with Crippen LogP contribution in [0.2, 0.25) is 0 Å². The molecule has 1 N–H and O–H groups in total. The Hall–Kier alpha value is -1.40. The number of aliphatic carboxylic acids is 1. The predicted octanol–water partition coefficient (Wildman–Crippen LogP) is 0.659. The van der Waals surface area contributed by atoms with Crippen molar-refractivity contribution in [2.75, 3.05) is 19.8 Å². The Kier molecular flexibility index (Phi) is 3.75. The maximum atomic E-state index is 10.8. The lowest BCUT2D eigenvalue weighted by Crippen LogP contribution is -2.45. The molecule has 0 radical (unpaired) electrons. The summed E-state index contributed by atoms with van der Waals surface area (Å²) in [6, 6.07) is 1.78. The minimum absolute atomic E-state index is 0.0849. The van der Waals surface area contributed by atoms with Crippen LogP contribution >= 0.6 is 0 Å². The zero-order valence-electron chi connectivity index (χ0n) is 9.76. The summed E-state index contributed by atoms with van der Waals surface area (Å²) in [5.74, 6) is -0.0372. The maximum Gasteiger partial charge on any atom is 0.305 e. The predicted molar refractivity (Wildman–Crippen MR) is 58.5 cm³/mol. The van der Waals surface area contributed by atoms with Crippen molar-refractivity contribution in [1.82, 2.24) is 10.1 Å². The van der Waals surface area contributed by atoms with Gasteiger partial charge < -0.3 is 14.4 Å². The van der Waals surface area contributed by atoms with Gasteiger partial charge in [0.2, 0.25) is 0 Å². The van der Waals surface area contributed by atoms with Gasteiger partial charge in [-0.1, -0.05) is 5.16 Å². The third-order valence-electron chi connectivity index (χ3n) is 2.80. The Morgan fingerprint density at radius 3 is 3.18 bits per heavy atom. The SMILES string of the molecule is Cc1cc(CN2CCOCC2CC(=O)O)no1. The number of nitrogens with zero attached hydrogens (tertiary/aromatic N) is 2. The molecule has 6 nitrogen and oxygen atoms in total. The molecule has 0 amide bonds. The van der Waals surface area contributed by atoms with Crippen LogP contribution in [0, 0.1) is 6.92 Å². The molecule has 6 heteroatoms. The zero-order chi connectivity index (χ0) is 12.3. The van der Waals surface area contributed by atoms with Crippen molar-refractivity contribution in [2.24, 2.45) is 0 Å². The highest BCUT2D eigenvalue weighted by Crippen LogP contribution is 2.14. The summed E-state index contributed by atoms with van der Waals surface area (Å²) in [6.07, 6.45) is 0.0941. The van der Waals surface area contributed by atoms with Crippen molar-refractivity contribution < 1.29 is 19.2 Å². The number of aromatic nitrogens is 1. The first-order valence-electron chi connectivity index (χ1n) is 5.61. The Morgan fingerprint density at radius 2 is 2.53 bits per heavy atom. The topological polar surface area (TPSA) is 75.8 Å². The standard InChI is InChI=1S/C11H16N2O4/c1-8-4-9(12-17-8)6-13-2-3-16-7-10(13)5-11(14)15/h4,10H,2-3,5-7H2,1H3,(H,14,15).